The van der Waals surface area contributed by atoms with Crippen molar-refractivity contribution in [3.8, 4) is 0 Å². The molecule has 82 valence electrons. The highest BCUT2D eigenvalue weighted by Crippen LogP contribution is 2.18. The van der Waals surface area contributed by atoms with Crippen molar-refractivity contribution in [3.63, 3.8) is 0 Å². The Kier molecular flexibility index (Phi) is 3.89. The number of carbonyl (C=O) groups is 1. The van der Waals surface area contributed by atoms with Gasteiger partial charge in [-0.2, -0.15) is 0 Å². The average molecular weight is 205 g/mol. The Labute approximate surface area is 91.9 Å². The average Bonchev–Trinajstić information content (AvgIpc) is 2.26. The van der Waals surface area contributed by atoms with E-state index in [0.717, 1.165) is 18.5 Å². The van der Waals surface area contributed by atoms with Crippen LogP contribution in [0.15, 0.2) is 18.2 Å². The number of hydrogen-bond donors (Lipinski definition) is 0. The molecule has 0 fully saturated rings. The van der Waals surface area contributed by atoms with Gasteiger partial charge in [0.15, 0.2) is 0 Å². The summed E-state index contributed by atoms with van der Waals surface area (Å²) in [6, 6.07) is 6.04. The van der Waals surface area contributed by atoms with Gasteiger partial charge in [0.25, 0.3) is 5.91 Å². The summed E-state index contributed by atoms with van der Waals surface area (Å²) >= 11 is 0. The van der Waals surface area contributed by atoms with Gasteiger partial charge < -0.3 is 4.90 Å². The highest BCUT2D eigenvalue weighted by molar-refractivity contribution is 5.96. The molecule has 2 rings (SSSR count). The SMILES string of the molecule is CC.Cc1ccc2c(c1)CCN(C)C2=O. The number of nitrogens with zero attached hydrogens (tertiary/aromatic N) is 1. The fourth-order valence-corrected chi connectivity index (χ4v) is 1.73. The van der Waals surface area contributed by atoms with Crippen LogP contribution in [-0.4, -0.2) is 24.4 Å². The first-order valence-corrected chi connectivity index (χ1v) is 5.53. The van der Waals surface area contributed by atoms with Crippen LogP contribution in [0.3, 0.4) is 0 Å². The second-order valence-electron chi connectivity index (χ2n) is 3.64. The minimum atomic E-state index is 0.154. The Morgan fingerprint density at radius 1 is 1.27 bits per heavy atom. The van der Waals surface area contributed by atoms with E-state index in [9.17, 15) is 4.79 Å². The Hall–Kier alpha value is -1.31. The Bertz CT molecular complexity index is 358. The quantitative estimate of drug-likeness (QED) is 0.637. The molecule has 0 aromatic heterocycles. The van der Waals surface area contributed by atoms with E-state index in [1.54, 1.807) is 4.90 Å². The van der Waals surface area contributed by atoms with Crippen molar-refractivity contribution >= 4 is 5.91 Å². The normalized spacial score (nSPS) is 14.1. The van der Waals surface area contributed by atoms with Crippen LogP contribution in [-0.2, 0) is 6.42 Å². The molecule has 0 saturated heterocycles. The van der Waals surface area contributed by atoms with Crippen LogP contribution >= 0.6 is 0 Å². The number of carbonyl (C=O) groups excluding carboxylic acids is 1. The number of rotatable bonds is 0. The topological polar surface area (TPSA) is 20.3 Å². The summed E-state index contributed by atoms with van der Waals surface area (Å²) in [5.74, 6) is 0.154. The van der Waals surface area contributed by atoms with Crippen LogP contribution in [0.1, 0.15) is 35.3 Å². The molecular weight excluding hydrogens is 186 g/mol. The van der Waals surface area contributed by atoms with E-state index in [1.807, 2.05) is 33.0 Å². The van der Waals surface area contributed by atoms with Gasteiger partial charge in [0.05, 0.1) is 0 Å². The molecule has 1 amide bonds. The molecule has 1 aliphatic heterocycles. The van der Waals surface area contributed by atoms with Crippen molar-refractivity contribution in [2.45, 2.75) is 27.2 Å². The maximum absolute atomic E-state index is 11.7. The third kappa shape index (κ3) is 2.38. The number of hydrogen-bond acceptors (Lipinski definition) is 1. The van der Waals surface area contributed by atoms with Crippen LogP contribution in [0.5, 0.6) is 0 Å². The summed E-state index contributed by atoms with van der Waals surface area (Å²) in [5.41, 5.74) is 3.30. The number of likely N-dealkylation sites (N-methyl/N-ethyl adjacent to an activating group) is 1. The Morgan fingerprint density at radius 3 is 2.60 bits per heavy atom. The predicted octanol–water partition coefficient (Wildman–Crippen LogP) is 2.65. The van der Waals surface area contributed by atoms with Gasteiger partial charge in [-0.1, -0.05) is 31.5 Å². The van der Waals surface area contributed by atoms with Crippen molar-refractivity contribution in [3.05, 3.63) is 34.9 Å². The van der Waals surface area contributed by atoms with E-state index in [1.165, 1.54) is 11.1 Å². The summed E-state index contributed by atoms with van der Waals surface area (Å²) in [7, 11) is 1.85. The van der Waals surface area contributed by atoms with Crippen LogP contribution < -0.4 is 0 Å². The van der Waals surface area contributed by atoms with Gasteiger partial charge in [0.1, 0.15) is 0 Å². The lowest BCUT2D eigenvalue weighted by atomic mass is 9.97. The highest BCUT2D eigenvalue weighted by atomic mass is 16.2. The monoisotopic (exact) mass is 205 g/mol. The van der Waals surface area contributed by atoms with Crippen LogP contribution in [0, 0.1) is 6.92 Å². The highest BCUT2D eigenvalue weighted by Gasteiger charge is 2.20. The van der Waals surface area contributed by atoms with Crippen LogP contribution in [0.4, 0.5) is 0 Å². The van der Waals surface area contributed by atoms with E-state index in [2.05, 4.69) is 13.0 Å². The Balaban J connectivity index is 0.000000531. The zero-order valence-corrected chi connectivity index (χ0v) is 10.0. The van der Waals surface area contributed by atoms with Gasteiger partial charge in [-0.3, -0.25) is 4.79 Å². The zero-order valence-electron chi connectivity index (χ0n) is 10.0. The minimum Gasteiger partial charge on any atom is -0.341 e. The standard InChI is InChI=1S/C11H13NO.C2H6/c1-8-3-4-10-9(7-8)5-6-12(2)11(10)13;1-2/h3-4,7H,5-6H2,1-2H3;1-2H3. The molecular formula is C13H19NO. The molecule has 0 spiro atoms. The molecule has 1 heterocycles. The number of fused-ring (bicyclic) bond motifs is 1. The minimum absolute atomic E-state index is 0.154. The van der Waals surface area contributed by atoms with Gasteiger partial charge >= 0.3 is 0 Å². The lowest BCUT2D eigenvalue weighted by Crippen LogP contribution is -2.34. The van der Waals surface area contributed by atoms with Crippen molar-refractivity contribution < 1.29 is 4.79 Å². The van der Waals surface area contributed by atoms with E-state index in [-0.39, 0.29) is 5.91 Å². The fourth-order valence-electron chi connectivity index (χ4n) is 1.73. The number of benzene rings is 1. The van der Waals surface area contributed by atoms with Gasteiger partial charge in [-0.25, -0.2) is 0 Å². The van der Waals surface area contributed by atoms with Crippen molar-refractivity contribution in [1.29, 1.82) is 0 Å². The lowest BCUT2D eigenvalue weighted by molar-refractivity contribution is 0.0781. The molecule has 0 radical (unpaired) electrons. The number of aryl methyl sites for hydroxylation is 1. The molecule has 0 aliphatic carbocycles. The molecule has 1 aromatic carbocycles. The smallest absolute Gasteiger partial charge is 0.253 e. The van der Waals surface area contributed by atoms with Crippen LogP contribution in [0.25, 0.3) is 0 Å². The molecule has 1 aromatic rings. The first-order valence-electron chi connectivity index (χ1n) is 5.53. The van der Waals surface area contributed by atoms with Crippen molar-refractivity contribution in [1.82, 2.24) is 4.90 Å². The summed E-state index contributed by atoms with van der Waals surface area (Å²) in [5, 5.41) is 0. The van der Waals surface area contributed by atoms with E-state index >= 15 is 0 Å². The Morgan fingerprint density at radius 2 is 1.93 bits per heavy atom. The molecule has 2 heteroatoms. The largest absolute Gasteiger partial charge is 0.341 e. The van der Waals surface area contributed by atoms with Gasteiger partial charge in [-0.15, -0.1) is 0 Å². The maximum Gasteiger partial charge on any atom is 0.253 e. The zero-order chi connectivity index (χ0) is 11.4. The third-order valence-electron chi connectivity index (χ3n) is 2.55. The molecule has 2 nitrogen and oxygen atoms in total. The van der Waals surface area contributed by atoms with E-state index in [4.69, 9.17) is 0 Å². The second-order valence-corrected chi connectivity index (χ2v) is 3.64. The molecule has 0 unspecified atom stereocenters. The number of amides is 1. The van der Waals surface area contributed by atoms with Gasteiger partial charge in [0.2, 0.25) is 0 Å². The van der Waals surface area contributed by atoms with Crippen molar-refractivity contribution in [2.75, 3.05) is 13.6 Å². The lowest BCUT2D eigenvalue weighted by Gasteiger charge is -2.24. The first kappa shape index (κ1) is 11.8. The molecule has 0 N–H and O–H groups in total. The molecule has 0 saturated carbocycles. The summed E-state index contributed by atoms with van der Waals surface area (Å²) in [4.78, 5) is 13.4. The molecule has 15 heavy (non-hydrogen) atoms. The van der Waals surface area contributed by atoms with Crippen LogP contribution in [0.2, 0.25) is 0 Å². The summed E-state index contributed by atoms with van der Waals surface area (Å²) in [6.45, 7) is 6.90. The van der Waals surface area contributed by atoms with Gasteiger partial charge in [0, 0.05) is 19.2 Å². The van der Waals surface area contributed by atoms with Crippen molar-refractivity contribution in [2.24, 2.45) is 0 Å². The van der Waals surface area contributed by atoms with E-state index in [0.29, 0.717) is 0 Å². The fraction of sp³-hybridized carbons (Fsp3) is 0.462. The second kappa shape index (κ2) is 4.96. The summed E-state index contributed by atoms with van der Waals surface area (Å²) in [6.07, 6.45) is 0.985. The van der Waals surface area contributed by atoms with Gasteiger partial charge in [-0.05, 0) is 25.0 Å². The molecule has 0 atom stereocenters. The maximum atomic E-state index is 11.7. The molecule has 1 aliphatic rings. The predicted molar refractivity (Wildman–Crippen MR) is 63.2 cm³/mol. The first-order chi connectivity index (χ1) is 7.18. The molecule has 0 bridgehead atoms. The summed E-state index contributed by atoms with van der Waals surface area (Å²) < 4.78 is 0. The third-order valence-corrected chi connectivity index (χ3v) is 2.55. The van der Waals surface area contributed by atoms with E-state index < -0.39 is 0 Å².